The van der Waals surface area contributed by atoms with E-state index in [9.17, 15) is 9.90 Å². The summed E-state index contributed by atoms with van der Waals surface area (Å²) in [6.45, 7) is 6.30. The van der Waals surface area contributed by atoms with Gasteiger partial charge in [-0.2, -0.15) is 0 Å². The number of likely N-dealkylation sites (tertiary alicyclic amines) is 1. The first-order valence-corrected chi connectivity index (χ1v) is 7.05. The summed E-state index contributed by atoms with van der Waals surface area (Å²) in [6, 6.07) is 5.88. The van der Waals surface area contributed by atoms with Crippen LogP contribution in [-0.4, -0.2) is 29.1 Å². The minimum atomic E-state index is -0.662. The second-order valence-electron chi connectivity index (χ2n) is 5.47. The molecule has 0 bridgehead atoms. The third-order valence-corrected chi connectivity index (χ3v) is 4.50. The molecule has 0 spiro atoms. The number of carboxylic acid groups (broad SMARTS) is 1. The lowest BCUT2D eigenvalue weighted by molar-refractivity contribution is -0.148. The molecule has 1 aromatic carbocycles. The molecule has 1 N–H and O–H groups in total. The summed E-state index contributed by atoms with van der Waals surface area (Å²) in [4.78, 5) is 13.7. The smallest absolute Gasteiger partial charge is 0.310 e. The molecule has 1 unspecified atom stereocenters. The molecule has 1 heterocycles. The van der Waals surface area contributed by atoms with Crippen molar-refractivity contribution in [2.45, 2.75) is 33.2 Å². The maximum absolute atomic E-state index is 11.4. The molecule has 0 aromatic heterocycles. The maximum atomic E-state index is 11.4. The zero-order chi connectivity index (χ0) is 14.0. The second kappa shape index (κ2) is 5.51. The van der Waals surface area contributed by atoms with Gasteiger partial charge in [0, 0.05) is 18.1 Å². The van der Waals surface area contributed by atoms with E-state index < -0.39 is 11.4 Å². The van der Waals surface area contributed by atoms with Crippen LogP contribution >= 0.6 is 11.6 Å². The SMILES string of the molecule is CCC1(C(=O)O)CCN(Cc2ccc(Cl)cc2C)C1. The lowest BCUT2D eigenvalue weighted by Gasteiger charge is -2.23. The number of carbonyl (C=O) groups is 1. The van der Waals surface area contributed by atoms with Crippen LogP contribution in [0.25, 0.3) is 0 Å². The first-order chi connectivity index (χ1) is 8.97. The molecule has 1 aromatic rings. The Hall–Kier alpha value is -1.06. The Morgan fingerprint density at radius 3 is 2.79 bits per heavy atom. The summed E-state index contributed by atoms with van der Waals surface area (Å²) in [5.41, 5.74) is 1.83. The van der Waals surface area contributed by atoms with Gasteiger partial charge in [0.15, 0.2) is 0 Å². The van der Waals surface area contributed by atoms with Gasteiger partial charge in [-0.1, -0.05) is 24.6 Å². The Morgan fingerprint density at radius 1 is 1.53 bits per heavy atom. The summed E-state index contributed by atoms with van der Waals surface area (Å²) in [5.74, 6) is -0.662. The topological polar surface area (TPSA) is 40.5 Å². The van der Waals surface area contributed by atoms with Crippen molar-refractivity contribution < 1.29 is 9.90 Å². The molecule has 1 aliphatic heterocycles. The fourth-order valence-corrected chi connectivity index (χ4v) is 3.01. The van der Waals surface area contributed by atoms with Gasteiger partial charge in [0.25, 0.3) is 0 Å². The lowest BCUT2D eigenvalue weighted by Crippen LogP contribution is -2.33. The van der Waals surface area contributed by atoms with Crippen LogP contribution in [0, 0.1) is 12.3 Å². The van der Waals surface area contributed by atoms with E-state index in [1.54, 1.807) is 0 Å². The van der Waals surface area contributed by atoms with Crippen molar-refractivity contribution >= 4 is 17.6 Å². The first kappa shape index (κ1) is 14.4. The Morgan fingerprint density at radius 2 is 2.26 bits per heavy atom. The molecule has 1 saturated heterocycles. The van der Waals surface area contributed by atoms with E-state index in [0.717, 1.165) is 30.1 Å². The predicted molar refractivity (Wildman–Crippen MR) is 76.4 cm³/mol. The largest absolute Gasteiger partial charge is 0.481 e. The van der Waals surface area contributed by atoms with Crippen LogP contribution in [0.15, 0.2) is 18.2 Å². The first-order valence-electron chi connectivity index (χ1n) is 6.67. The average Bonchev–Trinajstić information content (AvgIpc) is 2.77. The number of rotatable bonds is 4. The molecule has 4 heteroatoms. The van der Waals surface area contributed by atoms with Gasteiger partial charge in [-0.15, -0.1) is 0 Å². The van der Waals surface area contributed by atoms with Crippen molar-refractivity contribution in [2.75, 3.05) is 13.1 Å². The van der Waals surface area contributed by atoms with E-state index >= 15 is 0 Å². The van der Waals surface area contributed by atoms with E-state index in [-0.39, 0.29) is 0 Å². The molecule has 2 rings (SSSR count). The fourth-order valence-electron chi connectivity index (χ4n) is 2.79. The minimum Gasteiger partial charge on any atom is -0.481 e. The van der Waals surface area contributed by atoms with Crippen molar-refractivity contribution in [3.63, 3.8) is 0 Å². The van der Waals surface area contributed by atoms with Crippen LogP contribution in [-0.2, 0) is 11.3 Å². The number of halogens is 1. The highest BCUT2D eigenvalue weighted by molar-refractivity contribution is 6.30. The van der Waals surface area contributed by atoms with Crippen molar-refractivity contribution in [3.05, 3.63) is 34.3 Å². The number of hydrogen-bond donors (Lipinski definition) is 1. The highest BCUT2D eigenvalue weighted by Crippen LogP contribution is 2.35. The molecular weight excluding hydrogens is 262 g/mol. The summed E-state index contributed by atoms with van der Waals surface area (Å²) in [6.07, 6.45) is 1.43. The molecule has 1 aliphatic rings. The highest BCUT2D eigenvalue weighted by Gasteiger charge is 2.43. The predicted octanol–water partition coefficient (Wildman–Crippen LogP) is 3.34. The third-order valence-electron chi connectivity index (χ3n) is 4.26. The second-order valence-corrected chi connectivity index (χ2v) is 5.91. The summed E-state index contributed by atoms with van der Waals surface area (Å²) < 4.78 is 0. The number of nitrogens with zero attached hydrogens (tertiary/aromatic N) is 1. The van der Waals surface area contributed by atoms with Crippen LogP contribution in [0.1, 0.15) is 30.9 Å². The number of benzene rings is 1. The van der Waals surface area contributed by atoms with Crippen molar-refractivity contribution in [2.24, 2.45) is 5.41 Å². The Kier molecular flexibility index (Phi) is 4.16. The highest BCUT2D eigenvalue weighted by atomic mass is 35.5. The zero-order valence-electron chi connectivity index (χ0n) is 11.4. The Bertz CT molecular complexity index is 489. The molecule has 1 atom stereocenters. The van der Waals surface area contributed by atoms with Crippen molar-refractivity contribution in [3.8, 4) is 0 Å². The molecule has 3 nitrogen and oxygen atoms in total. The maximum Gasteiger partial charge on any atom is 0.310 e. The Labute approximate surface area is 119 Å². The minimum absolute atomic E-state index is 0.555. The van der Waals surface area contributed by atoms with Gasteiger partial charge < -0.3 is 5.11 Å². The van der Waals surface area contributed by atoms with Gasteiger partial charge in [-0.05, 0) is 49.6 Å². The molecule has 0 aliphatic carbocycles. The van der Waals surface area contributed by atoms with Crippen LogP contribution in [0.2, 0.25) is 5.02 Å². The van der Waals surface area contributed by atoms with Crippen LogP contribution < -0.4 is 0 Å². The van der Waals surface area contributed by atoms with Crippen molar-refractivity contribution in [1.29, 1.82) is 0 Å². The van der Waals surface area contributed by atoms with Gasteiger partial charge in [-0.3, -0.25) is 9.69 Å². The van der Waals surface area contributed by atoms with Gasteiger partial charge >= 0.3 is 5.97 Å². The number of aryl methyl sites for hydroxylation is 1. The summed E-state index contributed by atoms with van der Waals surface area (Å²) >= 11 is 5.95. The van der Waals surface area contributed by atoms with Gasteiger partial charge in [0.05, 0.1) is 5.41 Å². The fraction of sp³-hybridized carbons (Fsp3) is 0.533. The lowest BCUT2D eigenvalue weighted by atomic mass is 9.84. The molecular formula is C15H20ClNO2. The quantitative estimate of drug-likeness (QED) is 0.920. The Balaban J connectivity index is 2.08. The molecule has 0 saturated carbocycles. The van der Waals surface area contributed by atoms with Crippen LogP contribution in [0.5, 0.6) is 0 Å². The van der Waals surface area contributed by atoms with Crippen LogP contribution in [0.4, 0.5) is 0 Å². The zero-order valence-corrected chi connectivity index (χ0v) is 12.2. The van der Waals surface area contributed by atoms with Crippen molar-refractivity contribution in [1.82, 2.24) is 4.90 Å². The van der Waals surface area contributed by atoms with E-state index in [1.807, 2.05) is 32.0 Å². The van der Waals surface area contributed by atoms with Gasteiger partial charge in [0.2, 0.25) is 0 Å². The number of aliphatic carboxylic acids is 1. The van der Waals surface area contributed by atoms with Gasteiger partial charge in [0.1, 0.15) is 0 Å². The number of carboxylic acids is 1. The van der Waals surface area contributed by atoms with E-state index in [0.29, 0.717) is 13.0 Å². The summed E-state index contributed by atoms with van der Waals surface area (Å²) in [5, 5.41) is 10.1. The standard InChI is InChI=1S/C15H20ClNO2/c1-3-15(14(18)19)6-7-17(10-15)9-12-4-5-13(16)8-11(12)2/h4-5,8H,3,6-7,9-10H2,1-2H3,(H,18,19). The van der Waals surface area contributed by atoms with E-state index in [1.165, 1.54) is 5.56 Å². The van der Waals surface area contributed by atoms with Crippen LogP contribution in [0.3, 0.4) is 0 Å². The molecule has 104 valence electrons. The molecule has 1 fully saturated rings. The normalized spacial score (nSPS) is 23.7. The summed E-state index contributed by atoms with van der Waals surface area (Å²) in [7, 11) is 0. The van der Waals surface area contributed by atoms with E-state index in [2.05, 4.69) is 4.90 Å². The average molecular weight is 282 g/mol. The van der Waals surface area contributed by atoms with Gasteiger partial charge in [-0.25, -0.2) is 0 Å². The van der Waals surface area contributed by atoms with E-state index in [4.69, 9.17) is 11.6 Å². The molecule has 0 amide bonds. The monoisotopic (exact) mass is 281 g/mol. The molecule has 0 radical (unpaired) electrons. The third kappa shape index (κ3) is 2.93. The molecule has 19 heavy (non-hydrogen) atoms. The number of hydrogen-bond acceptors (Lipinski definition) is 2.